The van der Waals surface area contributed by atoms with Crippen molar-refractivity contribution in [2.45, 2.75) is 18.9 Å². The molecule has 2 rings (SSSR count). The van der Waals surface area contributed by atoms with Crippen molar-refractivity contribution in [3.05, 3.63) is 27.1 Å². The number of hydrogen-bond donors (Lipinski definition) is 1. The van der Waals surface area contributed by atoms with Crippen LogP contribution in [0.3, 0.4) is 0 Å². The van der Waals surface area contributed by atoms with E-state index in [1.54, 1.807) is 11.0 Å². The Balaban J connectivity index is 1.93. The lowest BCUT2D eigenvalue weighted by atomic mass is 10.2. The van der Waals surface area contributed by atoms with Crippen molar-refractivity contribution in [3.8, 4) is 5.75 Å². The molecule has 1 aromatic carbocycles. The summed E-state index contributed by atoms with van der Waals surface area (Å²) in [6.45, 7) is 0.722. The summed E-state index contributed by atoms with van der Waals surface area (Å²) < 4.78 is 7.26. The number of carbonyl (C=O) groups excluding carboxylic acids is 1. The normalized spacial score (nSPS) is 18.7. The summed E-state index contributed by atoms with van der Waals surface area (Å²) in [5, 5.41) is 9.20. The average molecular weight is 393 g/mol. The van der Waals surface area contributed by atoms with Gasteiger partial charge in [0.2, 0.25) is 0 Å². The quantitative estimate of drug-likeness (QED) is 0.856. The van der Waals surface area contributed by atoms with E-state index in [1.807, 2.05) is 12.1 Å². The van der Waals surface area contributed by atoms with Crippen LogP contribution in [0.4, 0.5) is 0 Å². The highest BCUT2D eigenvalue weighted by Crippen LogP contribution is 2.28. The second-order valence-electron chi connectivity index (χ2n) is 4.43. The molecule has 0 spiro atoms. The average Bonchev–Trinajstić information content (AvgIpc) is 2.85. The van der Waals surface area contributed by atoms with Gasteiger partial charge in [-0.05, 0) is 47.0 Å². The molecule has 1 aliphatic rings. The summed E-state index contributed by atoms with van der Waals surface area (Å²) in [6.07, 6.45) is 1.81. The van der Waals surface area contributed by atoms with E-state index in [0.717, 1.165) is 21.8 Å². The highest BCUT2D eigenvalue weighted by Gasteiger charge is 2.28. The summed E-state index contributed by atoms with van der Waals surface area (Å²) in [5.74, 6) is 0.558. The summed E-state index contributed by atoms with van der Waals surface area (Å²) in [5.41, 5.74) is 0. The first-order chi connectivity index (χ1) is 9.11. The van der Waals surface area contributed by atoms with Crippen molar-refractivity contribution >= 4 is 37.8 Å². The van der Waals surface area contributed by atoms with Gasteiger partial charge in [0.15, 0.2) is 6.61 Å². The molecule has 1 saturated heterocycles. The molecule has 0 radical (unpaired) electrons. The second-order valence-corrected chi connectivity index (χ2v) is 6.20. The van der Waals surface area contributed by atoms with Gasteiger partial charge in [0.25, 0.3) is 5.91 Å². The molecule has 1 unspecified atom stereocenters. The van der Waals surface area contributed by atoms with Crippen molar-refractivity contribution in [3.63, 3.8) is 0 Å². The van der Waals surface area contributed by atoms with Gasteiger partial charge in [-0.15, -0.1) is 0 Å². The van der Waals surface area contributed by atoms with Crippen molar-refractivity contribution in [2.24, 2.45) is 0 Å². The van der Waals surface area contributed by atoms with Crippen LogP contribution in [0.2, 0.25) is 0 Å². The van der Waals surface area contributed by atoms with Crippen LogP contribution < -0.4 is 4.74 Å². The third-order valence-electron chi connectivity index (χ3n) is 3.15. The smallest absolute Gasteiger partial charge is 0.260 e. The standard InChI is InChI=1S/C13H15Br2NO3/c14-9-3-4-12(11(15)6-9)19-8-13(18)16-5-1-2-10(16)7-17/h3-4,6,10,17H,1-2,5,7-8H2. The Bertz CT molecular complexity index is 467. The number of aliphatic hydroxyl groups is 1. The molecule has 1 aromatic rings. The number of ether oxygens (including phenoxy) is 1. The van der Waals surface area contributed by atoms with Gasteiger partial charge in [0.05, 0.1) is 17.1 Å². The summed E-state index contributed by atoms with van der Waals surface area (Å²) in [6, 6.07) is 5.47. The molecule has 1 heterocycles. The van der Waals surface area contributed by atoms with Gasteiger partial charge in [-0.2, -0.15) is 0 Å². The van der Waals surface area contributed by atoms with Gasteiger partial charge in [0.1, 0.15) is 5.75 Å². The molecule has 4 nitrogen and oxygen atoms in total. The van der Waals surface area contributed by atoms with E-state index in [1.165, 1.54) is 0 Å². The van der Waals surface area contributed by atoms with E-state index in [-0.39, 0.29) is 25.2 Å². The second kappa shape index (κ2) is 6.72. The first kappa shape index (κ1) is 14.8. The van der Waals surface area contributed by atoms with Crippen LogP contribution in [0.25, 0.3) is 0 Å². The zero-order chi connectivity index (χ0) is 13.8. The Labute approximate surface area is 129 Å². The number of rotatable bonds is 4. The number of benzene rings is 1. The molecule has 0 bridgehead atoms. The molecule has 1 amide bonds. The predicted octanol–water partition coefficient (Wildman–Crippen LogP) is 2.57. The molecule has 0 aromatic heterocycles. The van der Waals surface area contributed by atoms with E-state index in [4.69, 9.17) is 4.74 Å². The highest BCUT2D eigenvalue weighted by molar-refractivity contribution is 9.11. The Kier molecular flexibility index (Phi) is 5.24. The monoisotopic (exact) mass is 391 g/mol. The largest absolute Gasteiger partial charge is 0.483 e. The predicted molar refractivity (Wildman–Crippen MR) is 79.2 cm³/mol. The molecule has 1 fully saturated rings. The van der Waals surface area contributed by atoms with Crippen LogP contribution in [-0.4, -0.2) is 41.7 Å². The number of aliphatic hydroxyl groups excluding tert-OH is 1. The molecule has 0 aliphatic carbocycles. The van der Waals surface area contributed by atoms with Gasteiger partial charge < -0.3 is 14.7 Å². The maximum Gasteiger partial charge on any atom is 0.260 e. The Morgan fingerprint density at radius 1 is 1.47 bits per heavy atom. The fraction of sp³-hybridized carbons (Fsp3) is 0.462. The van der Waals surface area contributed by atoms with E-state index in [2.05, 4.69) is 31.9 Å². The minimum absolute atomic E-state index is 0.00324. The number of nitrogens with zero attached hydrogens (tertiary/aromatic N) is 1. The van der Waals surface area contributed by atoms with Crippen LogP contribution in [-0.2, 0) is 4.79 Å². The SMILES string of the molecule is O=C(COc1ccc(Br)cc1Br)N1CCCC1CO. The lowest BCUT2D eigenvalue weighted by Crippen LogP contribution is -2.40. The fourth-order valence-corrected chi connectivity index (χ4v) is 3.33. The van der Waals surface area contributed by atoms with Gasteiger partial charge in [-0.3, -0.25) is 4.79 Å². The van der Waals surface area contributed by atoms with Crippen LogP contribution in [0.5, 0.6) is 5.75 Å². The van der Waals surface area contributed by atoms with Crippen molar-refractivity contribution in [2.75, 3.05) is 19.8 Å². The maximum absolute atomic E-state index is 12.0. The van der Waals surface area contributed by atoms with Crippen LogP contribution in [0.1, 0.15) is 12.8 Å². The molecular formula is C13H15Br2NO3. The third kappa shape index (κ3) is 3.70. The number of carbonyl (C=O) groups is 1. The zero-order valence-electron chi connectivity index (χ0n) is 10.3. The summed E-state index contributed by atoms with van der Waals surface area (Å²) in [7, 11) is 0. The number of amides is 1. The van der Waals surface area contributed by atoms with Crippen LogP contribution in [0, 0.1) is 0 Å². The summed E-state index contributed by atoms with van der Waals surface area (Å²) in [4.78, 5) is 13.7. The number of halogens is 2. The van der Waals surface area contributed by atoms with Crippen LogP contribution in [0.15, 0.2) is 27.1 Å². The van der Waals surface area contributed by atoms with E-state index < -0.39 is 0 Å². The number of hydrogen-bond acceptors (Lipinski definition) is 3. The Hall–Kier alpha value is -0.590. The molecule has 1 N–H and O–H groups in total. The maximum atomic E-state index is 12.0. The first-order valence-corrected chi connectivity index (χ1v) is 7.68. The lowest BCUT2D eigenvalue weighted by Gasteiger charge is -2.23. The highest BCUT2D eigenvalue weighted by atomic mass is 79.9. The van der Waals surface area contributed by atoms with Gasteiger partial charge >= 0.3 is 0 Å². The van der Waals surface area contributed by atoms with E-state index in [9.17, 15) is 9.90 Å². The van der Waals surface area contributed by atoms with Crippen molar-refractivity contribution in [1.29, 1.82) is 0 Å². The molecule has 104 valence electrons. The molecule has 6 heteroatoms. The molecule has 1 atom stereocenters. The molecule has 0 saturated carbocycles. The van der Waals surface area contributed by atoms with E-state index in [0.29, 0.717) is 12.3 Å². The van der Waals surface area contributed by atoms with Crippen molar-refractivity contribution in [1.82, 2.24) is 4.90 Å². The zero-order valence-corrected chi connectivity index (χ0v) is 13.5. The van der Waals surface area contributed by atoms with Gasteiger partial charge in [-0.1, -0.05) is 15.9 Å². The van der Waals surface area contributed by atoms with Crippen LogP contribution >= 0.6 is 31.9 Å². The van der Waals surface area contributed by atoms with Gasteiger partial charge in [-0.25, -0.2) is 0 Å². The van der Waals surface area contributed by atoms with Crippen molar-refractivity contribution < 1.29 is 14.6 Å². The minimum Gasteiger partial charge on any atom is -0.483 e. The Morgan fingerprint density at radius 3 is 2.95 bits per heavy atom. The van der Waals surface area contributed by atoms with Gasteiger partial charge in [0, 0.05) is 11.0 Å². The lowest BCUT2D eigenvalue weighted by molar-refractivity contribution is -0.134. The Morgan fingerprint density at radius 2 is 2.26 bits per heavy atom. The third-order valence-corrected chi connectivity index (χ3v) is 4.27. The minimum atomic E-state index is -0.0774. The molecule has 1 aliphatic heterocycles. The summed E-state index contributed by atoms with van der Waals surface area (Å²) >= 11 is 6.75. The fourth-order valence-electron chi connectivity index (χ4n) is 2.17. The molecular weight excluding hydrogens is 378 g/mol. The topological polar surface area (TPSA) is 49.8 Å². The first-order valence-electron chi connectivity index (χ1n) is 6.10. The number of likely N-dealkylation sites (tertiary alicyclic amines) is 1. The van der Waals surface area contributed by atoms with E-state index >= 15 is 0 Å². The molecule has 19 heavy (non-hydrogen) atoms.